The number of rotatable bonds is 11. The maximum absolute atomic E-state index is 11.5. The molecule has 0 aliphatic carbocycles. The van der Waals surface area contributed by atoms with Gasteiger partial charge in [0, 0.05) is 24.0 Å². The maximum atomic E-state index is 11.5. The lowest BCUT2D eigenvalue weighted by molar-refractivity contribution is -0.165. The van der Waals surface area contributed by atoms with E-state index in [9.17, 15) is 23.1 Å². The van der Waals surface area contributed by atoms with Gasteiger partial charge >= 0.3 is 17.9 Å². The molecule has 0 aliphatic rings. The fraction of sp³-hybridized carbons (Fsp3) is 0.562. The fourth-order valence-corrected chi connectivity index (χ4v) is 2.42. The normalized spacial score (nSPS) is 16.5. The van der Waals surface area contributed by atoms with E-state index in [1.165, 1.54) is 0 Å². The van der Waals surface area contributed by atoms with E-state index in [4.69, 9.17) is 9.47 Å². The minimum Gasteiger partial charge on any atom is -0.740 e. The van der Waals surface area contributed by atoms with Crippen LogP contribution in [0.25, 0.3) is 0 Å². The van der Waals surface area contributed by atoms with Gasteiger partial charge in [-0.2, -0.15) is 0 Å². The first kappa shape index (κ1) is 23.0. The molecule has 0 heterocycles. The van der Waals surface area contributed by atoms with Gasteiger partial charge < -0.3 is 18.2 Å². The summed E-state index contributed by atoms with van der Waals surface area (Å²) in [4.78, 5) is 34.2. The number of ether oxygens (including phenoxy) is 2. The third kappa shape index (κ3) is 8.08. The standard InChI is InChI=1S/C16H24O8S/c1-6-13(17)22-11(3)16(5,12(4)23-14(18)7-2)10-8-9-15(19)24-25(20)21/h6-7,11-12H,1-2,8-10H2,3-5H3,(H,20,21)/p-1. The van der Waals surface area contributed by atoms with Crippen LogP contribution in [0.4, 0.5) is 0 Å². The van der Waals surface area contributed by atoms with Gasteiger partial charge in [-0.15, -0.1) is 0 Å². The topological polar surface area (TPSA) is 119 Å². The summed E-state index contributed by atoms with van der Waals surface area (Å²) in [5, 5.41) is 0. The van der Waals surface area contributed by atoms with E-state index in [0.29, 0.717) is 6.42 Å². The highest BCUT2D eigenvalue weighted by Gasteiger charge is 2.41. The van der Waals surface area contributed by atoms with Crippen molar-refractivity contribution in [3.63, 3.8) is 0 Å². The van der Waals surface area contributed by atoms with Gasteiger partial charge in [0.1, 0.15) is 23.6 Å². The highest BCUT2D eigenvalue weighted by atomic mass is 32.2. The Morgan fingerprint density at radius 3 is 1.92 bits per heavy atom. The second kappa shape index (κ2) is 10.8. The number of carbonyl (C=O) groups excluding carboxylic acids is 3. The molecule has 3 atom stereocenters. The lowest BCUT2D eigenvalue weighted by Gasteiger charge is -2.39. The number of carbonyl (C=O) groups is 3. The van der Waals surface area contributed by atoms with Crippen LogP contribution in [-0.4, -0.2) is 38.9 Å². The molecule has 0 saturated heterocycles. The van der Waals surface area contributed by atoms with E-state index in [1.807, 2.05) is 0 Å². The maximum Gasteiger partial charge on any atom is 0.330 e. The molecule has 0 aromatic heterocycles. The van der Waals surface area contributed by atoms with Crippen LogP contribution in [0.1, 0.15) is 40.0 Å². The molecule has 0 aliphatic heterocycles. The molecular weight excluding hydrogens is 352 g/mol. The summed E-state index contributed by atoms with van der Waals surface area (Å²) in [7, 11) is 0. The summed E-state index contributed by atoms with van der Waals surface area (Å²) in [6.45, 7) is 11.6. The van der Waals surface area contributed by atoms with E-state index >= 15 is 0 Å². The predicted octanol–water partition coefficient (Wildman–Crippen LogP) is 1.74. The average molecular weight is 375 g/mol. The van der Waals surface area contributed by atoms with Crippen LogP contribution in [0.2, 0.25) is 0 Å². The molecule has 9 heteroatoms. The van der Waals surface area contributed by atoms with Gasteiger partial charge in [-0.1, -0.05) is 20.1 Å². The van der Waals surface area contributed by atoms with Crippen LogP contribution >= 0.6 is 0 Å². The second-order valence-electron chi connectivity index (χ2n) is 5.59. The first-order valence-electron chi connectivity index (χ1n) is 7.53. The first-order valence-corrected chi connectivity index (χ1v) is 8.53. The Hall–Kier alpha value is -2.00. The quantitative estimate of drug-likeness (QED) is 0.304. The largest absolute Gasteiger partial charge is 0.740 e. The molecule has 25 heavy (non-hydrogen) atoms. The number of hydrogen-bond donors (Lipinski definition) is 0. The van der Waals surface area contributed by atoms with Crippen molar-refractivity contribution in [2.45, 2.75) is 52.2 Å². The smallest absolute Gasteiger partial charge is 0.330 e. The molecule has 142 valence electrons. The average Bonchev–Trinajstić information content (AvgIpc) is 2.53. The summed E-state index contributed by atoms with van der Waals surface area (Å²) in [5.41, 5.74) is -0.839. The summed E-state index contributed by atoms with van der Waals surface area (Å²) < 4.78 is 35.1. The van der Waals surface area contributed by atoms with Crippen LogP contribution in [0.5, 0.6) is 0 Å². The Kier molecular flexibility index (Phi) is 9.92. The molecule has 0 spiro atoms. The molecule has 0 aromatic carbocycles. The van der Waals surface area contributed by atoms with E-state index in [-0.39, 0.29) is 12.8 Å². The third-order valence-electron chi connectivity index (χ3n) is 4.03. The highest BCUT2D eigenvalue weighted by molar-refractivity contribution is 7.74. The zero-order valence-corrected chi connectivity index (χ0v) is 15.3. The van der Waals surface area contributed by atoms with Crippen LogP contribution in [-0.2, 0) is 39.4 Å². The van der Waals surface area contributed by atoms with E-state index in [1.54, 1.807) is 20.8 Å². The van der Waals surface area contributed by atoms with Crippen molar-refractivity contribution in [1.82, 2.24) is 0 Å². The molecule has 0 amide bonds. The van der Waals surface area contributed by atoms with E-state index in [0.717, 1.165) is 12.2 Å². The number of esters is 2. The Bertz CT molecular complexity index is 514. The molecule has 0 saturated carbocycles. The van der Waals surface area contributed by atoms with Gasteiger partial charge in [-0.05, 0) is 26.7 Å². The van der Waals surface area contributed by atoms with Crippen molar-refractivity contribution < 1.29 is 36.8 Å². The Balaban J connectivity index is 5.10. The zero-order chi connectivity index (χ0) is 19.6. The molecule has 0 N–H and O–H groups in total. The highest BCUT2D eigenvalue weighted by Crippen LogP contribution is 2.36. The van der Waals surface area contributed by atoms with Crippen molar-refractivity contribution >= 4 is 29.3 Å². The fourth-order valence-electron chi connectivity index (χ4n) is 2.18. The van der Waals surface area contributed by atoms with Crippen molar-refractivity contribution in [2.75, 3.05) is 0 Å². The molecule has 0 rings (SSSR count). The summed E-state index contributed by atoms with van der Waals surface area (Å²) in [6, 6.07) is 0. The van der Waals surface area contributed by atoms with Gasteiger partial charge in [0.15, 0.2) is 0 Å². The summed E-state index contributed by atoms with van der Waals surface area (Å²) in [6.07, 6.45) is 1.05. The van der Waals surface area contributed by atoms with Gasteiger partial charge in [0.05, 0.1) is 0 Å². The zero-order valence-electron chi connectivity index (χ0n) is 14.5. The minimum atomic E-state index is -2.92. The molecule has 0 aromatic rings. The molecular formula is C16H23O8S-. The second-order valence-corrected chi connectivity index (χ2v) is 6.16. The molecule has 0 fully saturated rings. The molecule has 8 nitrogen and oxygen atoms in total. The van der Waals surface area contributed by atoms with Gasteiger partial charge in [0.25, 0.3) is 0 Å². The van der Waals surface area contributed by atoms with Crippen LogP contribution in [0, 0.1) is 5.41 Å². The SMILES string of the molecule is C=CC(=O)OC(C)C(C)(CCCC(=O)OS(=O)[O-])C(C)OC(=O)C=C. The summed E-state index contributed by atoms with van der Waals surface area (Å²) >= 11 is -2.92. The monoisotopic (exact) mass is 375 g/mol. The number of hydrogen-bond acceptors (Lipinski definition) is 8. The predicted molar refractivity (Wildman–Crippen MR) is 88.5 cm³/mol. The van der Waals surface area contributed by atoms with Crippen molar-refractivity contribution in [3.8, 4) is 0 Å². The molecule has 3 unspecified atom stereocenters. The van der Waals surface area contributed by atoms with Crippen LogP contribution in [0.15, 0.2) is 25.3 Å². The van der Waals surface area contributed by atoms with Crippen molar-refractivity contribution in [2.24, 2.45) is 5.41 Å². The minimum absolute atomic E-state index is 0.159. The Morgan fingerprint density at radius 1 is 1.12 bits per heavy atom. The van der Waals surface area contributed by atoms with Crippen molar-refractivity contribution in [1.29, 1.82) is 0 Å². The summed E-state index contributed by atoms with van der Waals surface area (Å²) in [5.74, 6) is -2.17. The van der Waals surface area contributed by atoms with E-state index < -0.39 is 46.9 Å². The molecule has 0 bridgehead atoms. The lowest BCUT2D eigenvalue weighted by Crippen LogP contribution is -2.44. The van der Waals surface area contributed by atoms with Crippen LogP contribution < -0.4 is 0 Å². The van der Waals surface area contributed by atoms with Crippen molar-refractivity contribution in [3.05, 3.63) is 25.3 Å². The van der Waals surface area contributed by atoms with Crippen LogP contribution in [0.3, 0.4) is 0 Å². The lowest BCUT2D eigenvalue weighted by atomic mass is 9.75. The van der Waals surface area contributed by atoms with Gasteiger partial charge in [0.2, 0.25) is 0 Å². The third-order valence-corrected chi connectivity index (χ3v) is 4.36. The van der Waals surface area contributed by atoms with Gasteiger partial charge in [-0.25, -0.2) is 13.8 Å². The Morgan fingerprint density at radius 2 is 1.56 bits per heavy atom. The molecule has 0 radical (unpaired) electrons. The van der Waals surface area contributed by atoms with Gasteiger partial charge in [-0.3, -0.25) is 4.79 Å². The van der Waals surface area contributed by atoms with E-state index in [2.05, 4.69) is 17.3 Å². The first-order chi connectivity index (χ1) is 11.6. The Labute approximate surface area is 149 Å².